The fourth-order valence-corrected chi connectivity index (χ4v) is 2.44. The molecule has 1 aromatic carbocycles. The highest BCUT2D eigenvalue weighted by Crippen LogP contribution is 2.16. The number of aromatic nitrogens is 2. The van der Waals surface area contributed by atoms with Gasteiger partial charge in [-0.3, -0.25) is 0 Å². The van der Waals surface area contributed by atoms with E-state index in [0.29, 0.717) is 0 Å². The summed E-state index contributed by atoms with van der Waals surface area (Å²) in [5, 5.41) is 8.87. The number of sulfonamides is 1. The summed E-state index contributed by atoms with van der Waals surface area (Å²) in [6, 6.07) is 9.32. The first-order valence-corrected chi connectivity index (χ1v) is 6.41. The summed E-state index contributed by atoms with van der Waals surface area (Å²) >= 11 is 0. The molecule has 0 saturated carbocycles. The Morgan fingerprint density at radius 3 is 2.44 bits per heavy atom. The monoisotopic (exact) mass is 260 g/mol. The van der Waals surface area contributed by atoms with Crippen molar-refractivity contribution in [3.8, 4) is 6.07 Å². The third kappa shape index (κ3) is 2.44. The number of nitriles is 1. The molecular formula is C11H8N4O2S. The Morgan fingerprint density at radius 2 is 1.78 bits per heavy atom. The zero-order valence-corrected chi connectivity index (χ0v) is 9.92. The molecule has 0 amide bonds. The first-order chi connectivity index (χ1) is 8.63. The van der Waals surface area contributed by atoms with Crippen LogP contribution in [0.3, 0.4) is 0 Å². The Morgan fingerprint density at radius 1 is 1.11 bits per heavy atom. The van der Waals surface area contributed by atoms with Crippen molar-refractivity contribution in [2.45, 2.75) is 4.90 Å². The Balaban J connectivity index is 2.41. The second kappa shape index (κ2) is 4.81. The van der Waals surface area contributed by atoms with E-state index < -0.39 is 10.0 Å². The number of nitrogens with one attached hydrogen (secondary N) is 1. The van der Waals surface area contributed by atoms with Crippen molar-refractivity contribution >= 4 is 16.0 Å². The Kier molecular flexibility index (Phi) is 3.21. The van der Waals surface area contributed by atoms with E-state index in [9.17, 15) is 8.42 Å². The highest BCUT2D eigenvalue weighted by Gasteiger charge is 2.18. The number of hydrogen-bond donors (Lipinski definition) is 1. The minimum Gasteiger partial charge on any atom is -0.247 e. The molecule has 90 valence electrons. The highest BCUT2D eigenvalue weighted by molar-refractivity contribution is 7.92. The van der Waals surface area contributed by atoms with Crippen LogP contribution in [0.25, 0.3) is 0 Å². The third-order valence-electron chi connectivity index (χ3n) is 2.09. The summed E-state index contributed by atoms with van der Waals surface area (Å²) in [6.45, 7) is 0. The molecule has 0 aliphatic heterocycles. The largest absolute Gasteiger partial charge is 0.265 e. The predicted octanol–water partition coefficient (Wildman–Crippen LogP) is 1.15. The van der Waals surface area contributed by atoms with Crippen molar-refractivity contribution in [2.24, 2.45) is 0 Å². The van der Waals surface area contributed by atoms with Gasteiger partial charge in [0.1, 0.15) is 11.0 Å². The SMILES string of the molecule is N#Cc1ccccc1S(=O)(=O)Nc1ncccn1. The normalized spacial score (nSPS) is 10.6. The van der Waals surface area contributed by atoms with Crippen molar-refractivity contribution in [3.05, 3.63) is 48.3 Å². The summed E-state index contributed by atoms with van der Waals surface area (Å²) in [7, 11) is -3.85. The molecule has 2 aromatic rings. The summed E-state index contributed by atoms with van der Waals surface area (Å²) < 4.78 is 26.3. The van der Waals surface area contributed by atoms with Gasteiger partial charge in [-0.25, -0.2) is 23.1 Å². The lowest BCUT2D eigenvalue weighted by atomic mass is 10.2. The molecular weight excluding hydrogens is 252 g/mol. The van der Waals surface area contributed by atoms with Gasteiger partial charge in [-0.15, -0.1) is 0 Å². The van der Waals surface area contributed by atoms with Gasteiger partial charge in [0, 0.05) is 12.4 Å². The maximum Gasteiger partial charge on any atom is 0.265 e. The molecule has 0 fully saturated rings. The summed E-state index contributed by atoms with van der Waals surface area (Å²) in [4.78, 5) is 7.42. The molecule has 0 radical (unpaired) electrons. The minimum atomic E-state index is -3.85. The van der Waals surface area contributed by atoms with Crippen LogP contribution in [-0.2, 0) is 10.0 Å². The first-order valence-electron chi connectivity index (χ1n) is 4.92. The molecule has 0 saturated heterocycles. The quantitative estimate of drug-likeness (QED) is 0.893. The summed E-state index contributed by atoms with van der Waals surface area (Å²) in [6.07, 6.45) is 2.84. The van der Waals surface area contributed by atoms with Crippen molar-refractivity contribution in [1.29, 1.82) is 5.26 Å². The molecule has 18 heavy (non-hydrogen) atoms. The van der Waals surface area contributed by atoms with Gasteiger partial charge in [0.15, 0.2) is 0 Å². The van der Waals surface area contributed by atoms with Gasteiger partial charge < -0.3 is 0 Å². The average molecular weight is 260 g/mol. The van der Waals surface area contributed by atoms with Gasteiger partial charge in [-0.05, 0) is 18.2 Å². The molecule has 0 unspecified atom stereocenters. The van der Waals surface area contributed by atoms with Crippen LogP contribution >= 0.6 is 0 Å². The first kappa shape index (κ1) is 12.0. The molecule has 2 rings (SSSR count). The molecule has 1 aromatic heterocycles. The van der Waals surface area contributed by atoms with E-state index >= 15 is 0 Å². The number of rotatable bonds is 3. The molecule has 0 spiro atoms. The van der Waals surface area contributed by atoms with Gasteiger partial charge in [-0.2, -0.15) is 5.26 Å². The van der Waals surface area contributed by atoms with Gasteiger partial charge in [0.05, 0.1) is 5.56 Å². The highest BCUT2D eigenvalue weighted by atomic mass is 32.2. The number of hydrogen-bond acceptors (Lipinski definition) is 5. The lowest BCUT2D eigenvalue weighted by Crippen LogP contribution is -2.16. The van der Waals surface area contributed by atoms with E-state index in [1.54, 1.807) is 18.2 Å². The standard InChI is InChI=1S/C11H8N4O2S/c12-8-9-4-1-2-5-10(9)18(16,17)15-11-13-6-3-7-14-11/h1-7H,(H,13,14,15). The zero-order chi connectivity index (χ0) is 13.0. The lowest BCUT2D eigenvalue weighted by Gasteiger charge is -2.07. The van der Waals surface area contributed by atoms with Crippen molar-refractivity contribution < 1.29 is 8.42 Å². The van der Waals surface area contributed by atoms with Crippen LogP contribution in [0.5, 0.6) is 0 Å². The fourth-order valence-electron chi connectivity index (χ4n) is 1.32. The molecule has 6 nitrogen and oxygen atoms in total. The number of nitrogens with zero attached hydrogens (tertiary/aromatic N) is 3. The minimum absolute atomic E-state index is 0.0368. The van der Waals surface area contributed by atoms with Crippen molar-refractivity contribution in [2.75, 3.05) is 4.72 Å². The van der Waals surface area contributed by atoms with Crippen LogP contribution in [0.4, 0.5) is 5.95 Å². The van der Waals surface area contributed by atoms with Crippen molar-refractivity contribution in [3.63, 3.8) is 0 Å². The van der Waals surface area contributed by atoms with E-state index in [2.05, 4.69) is 14.7 Å². The maximum atomic E-state index is 12.0. The molecule has 0 aliphatic carbocycles. The lowest BCUT2D eigenvalue weighted by molar-refractivity contribution is 0.600. The molecule has 0 atom stereocenters. The summed E-state index contributed by atoms with van der Waals surface area (Å²) in [5.74, 6) is -0.0368. The smallest absolute Gasteiger partial charge is 0.247 e. The topological polar surface area (TPSA) is 95.7 Å². The van der Waals surface area contributed by atoms with E-state index in [4.69, 9.17) is 5.26 Å². The molecule has 1 heterocycles. The average Bonchev–Trinajstić information content (AvgIpc) is 2.39. The number of benzene rings is 1. The Labute approximate surface area is 104 Å². The molecule has 1 N–H and O–H groups in total. The Hall–Kier alpha value is -2.46. The second-order valence-corrected chi connectivity index (χ2v) is 4.94. The third-order valence-corrected chi connectivity index (χ3v) is 3.47. The van der Waals surface area contributed by atoms with E-state index in [0.717, 1.165) is 0 Å². The Bertz CT molecular complexity index is 692. The fraction of sp³-hybridized carbons (Fsp3) is 0. The zero-order valence-electron chi connectivity index (χ0n) is 9.11. The van der Waals surface area contributed by atoms with Crippen molar-refractivity contribution in [1.82, 2.24) is 9.97 Å². The van der Waals surface area contributed by atoms with Gasteiger partial charge >= 0.3 is 0 Å². The molecule has 7 heteroatoms. The number of anilines is 1. The van der Waals surface area contributed by atoms with E-state index in [-0.39, 0.29) is 16.4 Å². The van der Waals surface area contributed by atoms with Gasteiger partial charge in [-0.1, -0.05) is 12.1 Å². The summed E-state index contributed by atoms with van der Waals surface area (Å²) in [5.41, 5.74) is 0.0703. The van der Waals surface area contributed by atoms with E-state index in [1.165, 1.54) is 24.5 Å². The van der Waals surface area contributed by atoms with Crippen LogP contribution in [0.1, 0.15) is 5.56 Å². The van der Waals surface area contributed by atoms with Crippen LogP contribution in [-0.4, -0.2) is 18.4 Å². The predicted molar refractivity (Wildman–Crippen MR) is 64.0 cm³/mol. The van der Waals surface area contributed by atoms with Crippen LogP contribution in [0, 0.1) is 11.3 Å². The van der Waals surface area contributed by atoms with Crippen LogP contribution < -0.4 is 4.72 Å². The van der Waals surface area contributed by atoms with E-state index in [1.807, 2.05) is 6.07 Å². The molecule has 0 bridgehead atoms. The molecule has 0 aliphatic rings. The maximum absolute atomic E-state index is 12.0. The second-order valence-electron chi connectivity index (χ2n) is 3.29. The van der Waals surface area contributed by atoms with Crippen LogP contribution in [0.15, 0.2) is 47.6 Å². The van der Waals surface area contributed by atoms with Gasteiger partial charge in [0.2, 0.25) is 5.95 Å². The van der Waals surface area contributed by atoms with Gasteiger partial charge in [0.25, 0.3) is 10.0 Å². The van der Waals surface area contributed by atoms with Crippen LogP contribution in [0.2, 0.25) is 0 Å².